The molecule has 1 heterocycles. The monoisotopic (exact) mass is 591 g/mol. The Labute approximate surface area is 244 Å². The standard InChI is InChI=1S/C30H33N5O6S/c1-6-41-30(38)20-12-14-22-23(16-20)32-29(37)27(22)28(19-10-8-7-9-11-19)31-21-13-15-25(24(17-21)33-42(5,39)40)35(4)26(36)18-34(2)3/h7-17,32-33,37H,6,18H2,1-5H3. The van der Waals surface area contributed by atoms with Gasteiger partial charge in [-0.1, -0.05) is 36.4 Å². The highest BCUT2D eigenvalue weighted by Gasteiger charge is 2.22. The third-order valence-electron chi connectivity index (χ3n) is 6.28. The molecule has 1 amide bonds. The summed E-state index contributed by atoms with van der Waals surface area (Å²) in [4.78, 5) is 35.9. The van der Waals surface area contributed by atoms with Crippen molar-refractivity contribution in [2.24, 2.45) is 4.99 Å². The molecule has 4 aromatic rings. The maximum absolute atomic E-state index is 12.8. The molecular formula is C30H33N5O6S. The Morgan fingerprint density at radius 2 is 1.71 bits per heavy atom. The predicted octanol–water partition coefficient (Wildman–Crippen LogP) is 4.12. The van der Waals surface area contributed by atoms with E-state index in [2.05, 4.69) is 9.71 Å². The van der Waals surface area contributed by atoms with Crippen molar-refractivity contribution >= 4 is 55.6 Å². The van der Waals surface area contributed by atoms with Crippen molar-refractivity contribution in [3.05, 3.63) is 83.4 Å². The number of carbonyl (C=O) groups is 2. The first kappa shape index (κ1) is 30.3. The van der Waals surface area contributed by atoms with Crippen LogP contribution in [0.4, 0.5) is 17.1 Å². The van der Waals surface area contributed by atoms with Gasteiger partial charge in [0, 0.05) is 23.5 Å². The number of rotatable bonds is 10. The van der Waals surface area contributed by atoms with E-state index in [4.69, 9.17) is 9.73 Å². The number of ether oxygens (including phenoxy) is 1. The van der Waals surface area contributed by atoms with E-state index in [0.29, 0.717) is 44.7 Å². The first-order valence-corrected chi connectivity index (χ1v) is 15.0. The van der Waals surface area contributed by atoms with Crippen molar-refractivity contribution in [1.82, 2.24) is 9.88 Å². The fraction of sp³-hybridized carbons (Fsp3) is 0.233. The number of anilines is 2. The molecule has 0 aliphatic heterocycles. The Kier molecular flexibility index (Phi) is 8.98. The van der Waals surface area contributed by atoms with E-state index in [-0.39, 0.29) is 30.6 Å². The number of benzene rings is 3. The van der Waals surface area contributed by atoms with E-state index in [1.807, 2.05) is 30.3 Å². The number of aromatic hydroxyl groups is 1. The van der Waals surface area contributed by atoms with Crippen molar-refractivity contribution < 1.29 is 27.9 Å². The van der Waals surface area contributed by atoms with E-state index in [9.17, 15) is 23.1 Å². The van der Waals surface area contributed by atoms with Gasteiger partial charge in [-0.15, -0.1) is 0 Å². The molecule has 0 bridgehead atoms. The van der Waals surface area contributed by atoms with E-state index >= 15 is 0 Å². The first-order valence-electron chi connectivity index (χ1n) is 13.1. The number of aliphatic imine (C=N–C) groups is 1. The van der Waals surface area contributed by atoms with Crippen LogP contribution in [0.5, 0.6) is 5.88 Å². The molecule has 0 saturated heterocycles. The van der Waals surface area contributed by atoms with Gasteiger partial charge < -0.3 is 24.6 Å². The van der Waals surface area contributed by atoms with E-state index < -0.39 is 16.0 Å². The van der Waals surface area contributed by atoms with Gasteiger partial charge in [0.2, 0.25) is 15.9 Å². The van der Waals surface area contributed by atoms with Gasteiger partial charge in [0.05, 0.1) is 53.3 Å². The molecule has 11 nitrogen and oxygen atoms in total. The van der Waals surface area contributed by atoms with Crippen molar-refractivity contribution in [3.63, 3.8) is 0 Å². The van der Waals surface area contributed by atoms with Crippen LogP contribution in [0.2, 0.25) is 0 Å². The van der Waals surface area contributed by atoms with Crippen LogP contribution in [0.25, 0.3) is 10.9 Å². The van der Waals surface area contributed by atoms with Crippen LogP contribution >= 0.6 is 0 Å². The Bertz CT molecular complexity index is 1760. The molecule has 0 saturated carbocycles. The largest absolute Gasteiger partial charge is 0.494 e. The summed E-state index contributed by atoms with van der Waals surface area (Å²) in [6, 6.07) is 18.9. The summed E-state index contributed by atoms with van der Waals surface area (Å²) in [5.74, 6) is -0.871. The summed E-state index contributed by atoms with van der Waals surface area (Å²) in [5.41, 5.74) is 3.21. The number of hydrogen-bond donors (Lipinski definition) is 3. The topological polar surface area (TPSA) is 144 Å². The van der Waals surface area contributed by atoms with Crippen LogP contribution in [-0.4, -0.2) is 81.5 Å². The second-order valence-electron chi connectivity index (χ2n) is 9.92. The van der Waals surface area contributed by atoms with E-state index in [1.54, 1.807) is 63.3 Å². The molecule has 0 aliphatic carbocycles. The molecule has 0 aliphatic rings. The second-order valence-corrected chi connectivity index (χ2v) is 11.7. The number of hydrogen-bond acceptors (Lipinski definition) is 8. The van der Waals surface area contributed by atoms with Gasteiger partial charge in [-0.2, -0.15) is 0 Å². The number of esters is 1. The molecule has 0 fully saturated rings. The predicted molar refractivity (Wildman–Crippen MR) is 165 cm³/mol. The van der Waals surface area contributed by atoms with Crippen molar-refractivity contribution in [2.75, 3.05) is 50.2 Å². The second kappa shape index (κ2) is 12.5. The Morgan fingerprint density at radius 1 is 1.00 bits per heavy atom. The van der Waals surface area contributed by atoms with Crippen LogP contribution < -0.4 is 9.62 Å². The highest BCUT2D eigenvalue weighted by molar-refractivity contribution is 7.92. The molecule has 0 spiro atoms. The Hall–Kier alpha value is -4.68. The molecule has 12 heteroatoms. The van der Waals surface area contributed by atoms with Crippen LogP contribution in [-0.2, 0) is 19.6 Å². The zero-order chi connectivity index (χ0) is 30.6. The number of nitrogens with zero attached hydrogens (tertiary/aromatic N) is 3. The molecule has 1 aromatic heterocycles. The highest BCUT2D eigenvalue weighted by atomic mass is 32.2. The smallest absolute Gasteiger partial charge is 0.338 e. The lowest BCUT2D eigenvalue weighted by Gasteiger charge is -2.23. The summed E-state index contributed by atoms with van der Waals surface area (Å²) in [6.45, 7) is 2.09. The molecule has 0 atom stereocenters. The van der Waals surface area contributed by atoms with Gasteiger partial charge in [-0.3, -0.25) is 9.52 Å². The van der Waals surface area contributed by atoms with Crippen LogP contribution in [0.3, 0.4) is 0 Å². The lowest BCUT2D eigenvalue weighted by atomic mass is 10.00. The average Bonchev–Trinajstić information content (AvgIpc) is 3.25. The third kappa shape index (κ3) is 6.96. The number of aromatic nitrogens is 1. The summed E-state index contributed by atoms with van der Waals surface area (Å²) in [5, 5.41) is 11.7. The van der Waals surface area contributed by atoms with Gasteiger partial charge in [0.1, 0.15) is 0 Å². The molecule has 0 radical (unpaired) electrons. The number of likely N-dealkylation sites (N-methyl/N-ethyl adjacent to an activating group) is 2. The minimum Gasteiger partial charge on any atom is -0.494 e. The zero-order valence-corrected chi connectivity index (χ0v) is 24.8. The molecule has 220 valence electrons. The molecule has 4 rings (SSSR count). The maximum Gasteiger partial charge on any atom is 0.338 e. The highest BCUT2D eigenvalue weighted by Crippen LogP contribution is 2.35. The fourth-order valence-electron chi connectivity index (χ4n) is 4.43. The van der Waals surface area contributed by atoms with Crippen LogP contribution in [0, 0.1) is 0 Å². The number of amides is 1. The first-order chi connectivity index (χ1) is 19.9. The van der Waals surface area contributed by atoms with E-state index in [1.165, 1.54) is 11.0 Å². The number of nitrogens with one attached hydrogen (secondary N) is 2. The lowest BCUT2D eigenvalue weighted by molar-refractivity contribution is -0.118. The SMILES string of the molecule is CCOC(=O)c1ccc2c(C(=Nc3ccc(N(C)C(=O)CN(C)C)c(NS(C)(=O)=O)c3)c3ccccc3)c(O)[nH]c2c1. The van der Waals surface area contributed by atoms with Gasteiger partial charge in [-0.05, 0) is 51.4 Å². The molecule has 3 aromatic carbocycles. The Morgan fingerprint density at radius 3 is 2.36 bits per heavy atom. The lowest BCUT2D eigenvalue weighted by Crippen LogP contribution is -2.35. The summed E-state index contributed by atoms with van der Waals surface area (Å²) in [7, 11) is 1.40. The maximum atomic E-state index is 12.8. The summed E-state index contributed by atoms with van der Waals surface area (Å²) in [6.07, 6.45) is 1.03. The number of carbonyl (C=O) groups excluding carboxylic acids is 2. The summed E-state index contributed by atoms with van der Waals surface area (Å²) >= 11 is 0. The Balaban J connectivity index is 1.88. The minimum absolute atomic E-state index is 0.130. The van der Waals surface area contributed by atoms with Gasteiger partial charge >= 0.3 is 5.97 Å². The van der Waals surface area contributed by atoms with Crippen molar-refractivity contribution in [3.8, 4) is 5.88 Å². The third-order valence-corrected chi connectivity index (χ3v) is 6.87. The van der Waals surface area contributed by atoms with Crippen molar-refractivity contribution in [1.29, 1.82) is 0 Å². The van der Waals surface area contributed by atoms with Gasteiger partial charge in [-0.25, -0.2) is 18.2 Å². The quantitative estimate of drug-likeness (QED) is 0.186. The zero-order valence-electron chi connectivity index (χ0n) is 24.0. The number of H-pyrrole nitrogens is 1. The molecule has 3 N–H and O–H groups in total. The molecule has 0 unspecified atom stereocenters. The van der Waals surface area contributed by atoms with Gasteiger partial charge in [0.15, 0.2) is 5.88 Å². The van der Waals surface area contributed by atoms with Gasteiger partial charge in [0.25, 0.3) is 0 Å². The normalized spacial score (nSPS) is 12.0. The minimum atomic E-state index is -3.70. The van der Waals surface area contributed by atoms with E-state index in [0.717, 1.165) is 6.26 Å². The number of sulfonamides is 1. The number of fused-ring (bicyclic) bond motifs is 1. The fourth-order valence-corrected chi connectivity index (χ4v) is 5.00. The molecule has 42 heavy (non-hydrogen) atoms. The van der Waals surface area contributed by atoms with Crippen LogP contribution in [0.15, 0.2) is 71.7 Å². The average molecular weight is 592 g/mol. The number of aromatic amines is 1. The molecular weight excluding hydrogens is 558 g/mol. The van der Waals surface area contributed by atoms with Crippen molar-refractivity contribution in [2.45, 2.75) is 6.92 Å². The van der Waals surface area contributed by atoms with Crippen LogP contribution in [0.1, 0.15) is 28.4 Å². The summed E-state index contributed by atoms with van der Waals surface area (Å²) < 4.78 is 32.1.